The molecule has 2 rings (SSSR count). The first kappa shape index (κ1) is 11.0. The standard InChI is InChI=1S/C10H14F2N2S/c11-10(12)8-6-14-9(15-8)5-7-3-1-2-4-13-7/h6-7,10,13H,1-5H2. The highest BCUT2D eigenvalue weighted by molar-refractivity contribution is 7.11. The summed E-state index contributed by atoms with van der Waals surface area (Å²) in [6.45, 7) is 1.04. The van der Waals surface area contributed by atoms with Gasteiger partial charge in [0.2, 0.25) is 0 Å². The fraction of sp³-hybridized carbons (Fsp3) is 0.700. The lowest BCUT2D eigenvalue weighted by molar-refractivity contribution is 0.155. The Morgan fingerprint density at radius 3 is 3.00 bits per heavy atom. The molecule has 1 aromatic heterocycles. The molecule has 0 aliphatic carbocycles. The first-order valence-corrected chi connectivity index (χ1v) is 6.03. The van der Waals surface area contributed by atoms with Crippen molar-refractivity contribution in [2.24, 2.45) is 0 Å². The Morgan fingerprint density at radius 1 is 1.53 bits per heavy atom. The second-order valence-corrected chi connectivity index (χ2v) is 4.95. The van der Waals surface area contributed by atoms with Gasteiger partial charge in [-0.1, -0.05) is 6.42 Å². The number of halogens is 2. The lowest BCUT2D eigenvalue weighted by Crippen LogP contribution is -2.35. The molecule has 0 radical (unpaired) electrons. The smallest absolute Gasteiger partial charge is 0.274 e. The minimum Gasteiger partial charge on any atom is -0.314 e. The number of hydrogen-bond acceptors (Lipinski definition) is 3. The van der Waals surface area contributed by atoms with E-state index in [4.69, 9.17) is 0 Å². The fourth-order valence-electron chi connectivity index (χ4n) is 1.83. The fourth-order valence-corrected chi connectivity index (χ4v) is 2.69. The minimum atomic E-state index is -2.38. The number of hydrogen-bond donors (Lipinski definition) is 1. The van der Waals surface area contributed by atoms with Gasteiger partial charge in [0.25, 0.3) is 6.43 Å². The summed E-state index contributed by atoms with van der Waals surface area (Å²) in [4.78, 5) is 4.11. The zero-order chi connectivity index (χ0) is 10.7. The SMILES string of the molecule is FC(F)c1cnc(CC2CCCCN2)s1. The van der Waals surface area contributed by atoms with Crippen molar-refractivity contribution in [1.29, 1.82) is 0 Å². The molecule has 2 nitrogen and oxygen atoms in total. The maximum atomic E-state index is 12.3. The van der Waals surface area contributed by atoms with Crippen LogP contribution in [0.3, 0.4) is 0 Å². The van der Waals surface area contributed by atoms with Gasteiger partial charge in [-0.25, -0.2) is 13.8 Å². The Bertz CT molecular complexity index is 308. The number of alkyl halides is 2. The quantitative estimate of drug-likeness (QED) is 0.866. The summed E-state index contributed by atoms with van der Waals surface area (Å²) in [6.07, 6.45) is 3.28. The maximum Gasteiger partial charge on any atom is 0.274 e. The first-order valence-electron chi connectivity index (χ1n) is 5.22. The lowest BCUT2D eigenvalue weighted by Gasteiger charge is -2.22. The second-order valence-electron chi connectivity index (χ2n) is 3.81. The van der Waals surface area contributed by atoms with Crippen LogP contribution >= 0.6 is 11.3 Å². The van der Waals surface area contributed by atoms with Crippen molar-refractivity contribution in [2.45, 2.75) is 38.2 Å². The maximum absolute atomic E-state index is 12.3. The summed E-state index contributed by atoms with van der Waals surface area (Å²) in [5, 5.41) is 4.21. The largest absolute Gasteiger partial charge is 0.314 e. The summed E-state index contributed by atoms with van der Waals surface area (Å²) in [7, 11) is 0. The zero-order valence-corrected chi connectivity index (χ0v) is 9.20. The van der Waals surface area contributed by atoms with Crippen molar-refractivity contribution in [2.75, 3.05) is 6.54 Å². The van der Waals surface area contributed by atoms with Gasteiger partial charge in [-0.2, -0.15) is 0 Å². The summed E-state index contributed by atoms with van der Waals surface area (Å²) in [6, 6.07) is 0.426. The van der Waals surface area contributed by atoms with E-state index in [1.807, 2.05) is 0 Å². The third-order valence-electron chi connectivity index (χ3n) is 2.62. The van der Waals surface area contributed by atoms with E-state index in [9.17, 15) is 8.78 Å². The number of piperidine rings is 1. The van der Waals surface area contributed by atoms with E-state index >= 15 is 0 Å². The molecule has 1 N–H and O–H groups in total. The van der Waals surface area contributed by atoms with Crippen molar-refractivity contribution in [3.05, 3.63) is 16.1 Å². The van der Waals surface area contributed by atoms with Crippen LogP contribution in [0.2, 0.25) is 0 Å². The van der Waals surface area contributed by atoms with Crippen LogP contribution in [0, 0.1) is 0 Å². The molecule has 84 valence electrons. The minimum absolute atomic E-state index is 0.0841. The molecule has 0 bridgehead atoms. The number of aromatic nitrogens is 1. The van der Waals surface area contributed by atoms with Crippen molar-refractivity contribution in [1.82, 2.24) is 10.3 Å². The van der Waals surface area contributed by atoms with Crippen LogP contribution in [0.1, 0.15) is 35.6 Å². The highest BCUT2D eigenvalue weighted by Gasteiger charge is 2.17. The van der Waals surface area contributed by atoms with Crippen molar-refractivity contribution in [3.63, 3.8) is 0 Å². The van der Waals surface area contributed by atoms with Crippen LogP contribution in [0.15, 0.2) is 6.20 Å². The Kier molecular flexibility index (Phi) is 3.64. The molecule has 2 heterocycles. The van der Waals surface area contributed by atoms with E-state index in [1.54, 1.807) is 0 Å². The van der Waals surface area contributed by atoms with Gasteiger partial charge in [0.1, 0.15) is 0 Å². The van der Waals surface area contributed by atoms with Gasteiger partial charge in [-0.15, -0.1) is 11.3 Å². The van der Waals surface area contributed by atoms with Crippen LogP contribution < -0.4 is 5.32 Å². The van der Waals surface area contributed by atoms with Gasteiger partial charge in [0.15, 0.2) is 0 Å². The van der Waals surface area contributed by atoms with Gasteiger partial charge in [-0.3, -0.25) is 0 Å². The molecule has 1 unspecified atom stereocenters. The number of nitrogens with zero attached hydrogens (tertiary/aromatic N) is 1. The molecule has 0 amide bonds. The Balaban J connectivity index is 1.91. The molecule has 1 fully saturated rings. The van der Waals surface area contributed by atoms with E-state index in [1.165, 1.54) is 19.0 Å². The van der Waals surface area contributed by atoms with E-state index in [0.717, 1.165) is 35.7 Å². The van der Waals surface area contributed by atoms with Gasteiger partial charge >= 0.3 is 0 Å². The van der Waals surface area contributed by atoms with Gasteiger partial charge < -0.3 is 5.32 Å². The molecule has 1 saturated heterocycles. The van der Waals surface area contributed by atoms with Gasteiger partial charge in [0.05, 0.1) is 9.88 Å². The predicted octanol–water partition coefficient (Wildman–Crippen LogP) is 2.77. The molecule has 1 atom stereocenters. The molecule has 0 saturated carbocycles. The number of thiazole rings is 1. The van der Waals surface area contributed by atoms with Crippen LogP contribution in [0.4, 0.5) is 8.78 Å². The molecule has 1 aliphatic heterocycles. The average Bonchev–Trinajstić information content (AvgIpc) is 2.68. The highest BCUT2D eigenvalue weighted by atomic mass is 32.1. The van der Waals surface area contributed by atoms with E-state index in [0.29, 0.717) is 6.04 Å². The van der Waals surface area contributed by atoms with Gasteiger partial charge in [0, 0.05) is 18.7 Å². The van der Waals surface area contributed by atoms with Crippen LogP contribution in [-0.2, 0) is 6.42 Å². The molecular weight excluding hydrogens is 218 g/mol. The summed E-state index contributed by atoms with van der Waals surface area (Å²) in [5.74, 6) is 0. The number of rotatable bonds is 3. The average molecular weight is 232 g/mol. The molecule has 15 heavy (non-hydrogen) atoms. The van der Waals surface area contributed by atoms with E-state index in [-0.39, 0.29) is 4.88 Å². The first-order chi connectivity index (χ1) is 7.25. The third-order valence-corrected chi connectivity index (χ3v) is 3.65. The third kappa shape index (κ3) is 2.95. The van der Waals surface area contributed by atoms with Crippen LogP contribution in [0.25, 0.3) is 0 Å². The van der Waals surface area contributed by atoms with Crippen molar-refractivity contribution < 1.29 is 8.78 Å². The summed E-state index contributed by atoms with van der Waals surface area (Å²) in [5.41, 5.74) is 0. The number of nitrogens with one attached hydrogen (secondary N) is 1. The molecular formula is C10H14F2N2S. The normalized spacial score (nSPS) is 22.2. The van der Waals surface area contributed by atoms with Gasteiger partial charge in [-0.05, 0) is 19.4 Å². The Labute approximate surface area is 91.7 Å². The Hall–Kier alpha value is -0.550. The van der Waals surface area contributed by atoms with E-state index < -0.39 is 6.43 Å². The summed E-state index contributed by atoms with van der Waals surface area (Å²) >= 11 is 1.13. The van der Waals surface area contributed by atoms with Crippen molar-refractivity contribution in [3.8, 4) is 0 Å². The topological polar surface area (TPSA) is 24.9 Å². The molecule has 0 spiro atoms. The highest BCUT2D eigenvalue weighted by Crippen LogP contribution is 2.26. The molecule has 0 aromatic carbocycles. The van der Waals surface area contributed by atoms with Crippen LogP contribution in [0.5, 0.6) is 0 Å². The van der Waals surface area contributed by atoms with Crippen molar-refractivity contribution >= 4 is 11.3 Å². The second kappa shape index (κ2) is 4.99. The molecule has 1 aliphatic rings. The Morgan fingerprint density at radius 2 is 2.40 bits per heavy atom. The predicted molar refractivity (Wildman–Crippen MR) is 56.4 cm³/mol. The monoisotopic (exact) mass is 232 g/mol. The zero-order valence-electron chi connectivity index (χ0n) is 8.38. The van der Waals surface area contributed by atoms with Crippen LogP contribution in [-0.4, -0.2) is 17.6 Å². The van der Waals surface area contributed by atoms with E-state index in [2.05, 4.69) is 10.3 Å². The lowest BCUT2D eigenvalue weighted by atomic mass is 10.0. The summed E-state index contributed by atoms with van der Waals surface area (Å²) < 4.78 is 24.6. The molecule has 1 aromatic rings. The molecule has 5 heteroatoms.